The van der Waals surface area contributed by atoms with Crippen LogP contribution in [-0.2, 0) is 4.79 Å². The maximum absolute atomic E-state index is 11.7. The lowest BCUT2D eigenvalue weighted by Gasteiger charge is -2.37. The van der Waals surface area contributed by atoms with Crippen LogP contribution in [-0.4, -0.2) is 16.8 Å². The molecule has 2 aliphatic rings. The van der Waals surface area contributed by atoms with E-state index in [9.17, 15) is 9.90 Å². The Morgan fingerprint density at radius 2 is 2.21 bits per heavy atom. The van der Waals surface area contributed by atoms with E-state index in [1.54, 1.807) is 0 Å². The van der Waals surface area contributed by atoms with Crippen LogP contribution in [0.4, 0.5) is 5.69 Å². The van der Waals surface area contributed by atoms with Crippen LogP contribution in [0.3, 0.4) is 0 Å². The number of hydrogen-bond donors (Lipinski definition) is 1. The lowest BCUT2D eigenvalue weighted by molar-refractivity contribution is -0.139. The van der Waals surface area contributed by atoms with Crippen LogP contribution in [0.2, 0.25) is 0 Å². The van der Waals surface area contributed by atoms with Gasteiger partial charge in [0.25, 0.3) is 0 Å². The van der Waals surface area contributed by atoms with Crippen LogP contribution in [0.25, 0.3) is 0 Å². The molecule has 3 rings (SSSR count). The highest BCUT2D eigenvalue weighted by molar-refractivity contribution is 5.98. The summed E-state index contributed by atoms with van der Waals surface area (Å²) in [4.78, 5) is 16.4. The Balaban J connectivity index is 2.05. The van der Waals surface area contributed by atoms with E-state index in [0.29, 0.717) is 5.92 Å². The van der Waals surface area contributed by atoms with Crippen molar-refractivity contribution in [3.8, 4) is 0 Å². The molecule has 19 heavy (non-hydrogen) atoms. The summed E-state index contributed by atoms with van der Waals surface area (Å²) in [5, 5.41) is 9.63. The minimum atomic E-state index is -0.707. The monoisotopic (exact) mass is 257 g/mol. The molecule has 1 aromatic rings. The Morgan fingerprint density at radius 1 is 1.42 bits per heavy atom. The molecule has 3 nitrogen and oxygen atoms in total. The molecule has 1 fully saturated rings. The van der Waals surface area contributed by atoms with E-state index in [1.165, 1.54) is 0 Å². The normalized spacial score (nSPS) is 29.1. The molecule has 0 amide bonds. The molecule has 0 unspecified atom stereocenters. The quantitative estimate of drug-likeness (QED) is 0.876. The number of fused-ring (bicyclic) bond motifs is 2. The summed E-state index contributed by atoms with van der Waals surface area (Å²) in [6, 6.07) is 7.69. The summed E-state index contributed by atoms with van der Waals surface area (Å²) in [7, 11) is 0. The van der Waals surface area contributed by atoms with Gasteiger partial charge in [0.15, 0.2) is 0 Å². The molecule has 0 aromatic heterocycles. The lowest BCUT2D eigenvalue weighted by atomic mass is 9.69. The summed E-state index contributed by atoms with van der Waals surface area (Å²) < 4.78 is 0. The highest BCUT2D eigenvalue weighted by atomic mass is 16.4. The highest BCUT2D eigenvalue weighted by Gasteiger charge is 2.40. The van der Waals surface area contributed by atoms with Crippen LogP contribution in [0.15, 0.2) is 29.3 Å². The van der Waals surface area contributed by atoms with Gasteiger partial charge in [-0.3, -0.25) is 9.79 Å². The van der Waals surface area contributed by atoms with Gasteiger partial charge in [0, 0.05) is 11.6 Å². The largest absolute Gasteiger partial charge is 0.481 e. The van der Waals surface area contributed by atoms with Crippen LogP contribution < -0.4 is 0 Å². The topological polar surface area (TPSA) is 49.7 Å². The van der Waals surface area contributed by atoms with Gasteiger partial charge < -0.3 is 5.11 Å². The second-order valence-electron chi connectivity index (χ2n) is 5.63. The first-order chi connectivity index (χ1) is 9.20. The molecule has 3 atom stereocenters. The first-order valence-electron chi connectivity index (χ1n) is 7.10. The Bertz CT molecular complexity index is 535. The third-order valence-electron chi connectivity index (χ3n) is 4.61. The molecule has 3 heteroatoms. The van der Waals surface area contributed by atoms with Crippen molar-refractivity contribution in [2.45, 2.75) is 38.5 Å². The van der Waals surface area contributed by atoms with Crippen molar-refractivity contribution in [3.05, 3.63) is 29.8 Å². The zero-order valence-electron chi connectivity index (χ0n) is 11.2. The molecule has 0 bridgehead atoms. The predicted octanol–water partition coefficient (Wildman–Crippen LogP) is 3.77. The Kier molecular flexibility index (Phi) is 3.13. The van der Waals surface area contributed by atoms with E-state index in [1.807, 2.05) is 24.3 Å². The van der Waals surface area contributed by atoms with Gasteiger partial charge in [-0.2, -0.15) is 0 Å². The van der Waals surface area contributed by atoms with Crippen LogP contribution in [0.5, 0.6) is 0 Å². The lowest BCUT2D eigenvalue weighted by Crippen LogP contribution is -2.35. The van der Waals surface area contributed by atoms with Crippen molar-refractivity contribution in [3.63, 3.8) is 0 Å². The summed E-state index contributed by atoms with van der Waals surface area (Å²) in [5.41, 5.74) is 2.85. The van der Waals surface area contributed by atoms with Gasteiger partial charge in [0.2, 0.25) is 0 Å². The minimum absolute atomic E-state index is 0.103. The van der Waals surface area contributed by atoms with E-state index in [4.69, 9.17) is 4.99 Å². The van der Waals surface area contributed by atoms with Crippen LogP contribution >= 0.6 is 0 Å². The Labute approximate surface area is 113 Å². The smallest absolute Gasteiger partial charge is 0.311 e. The zero-order chi connectivity index (χ0) is 13.4. The van der Waals surface area contributed by atoms with Gasteiger partial charge in [0.05, 0.1) is 11.6 Å². The molecule has 0 radical (unpaired) electrons. The first-order valence-corrected chi connectivity index (χ1v) is 7.10. The third-order valence-corrected chi connectivity index (χ3v) is 4.61. The van der Waals surface area contributed by atoms with E-state index in [-0.39, 0.29) is 5.92 Å². The molecule has 1 saturated carbocycles. The SMILES string of the molecule is CC[C@H]1CCC2=Nc3ccccc3[C@H](C(=O)O)[C@@H]2C1. The number of carboxylic acids is 1. The fraction of sp³-hybridized carbons (Fsp3) is 0.500. The first kappa shape index (κ1) is 12.4. The van der Waals surface area contributed by atoms with Gasteiger partial charge in [-0.1, -0.05) is 31.5 Å². The van der Waals surface area contributed by atoms with Crippen molar-refractivity contribution in [2.75, 3.05) is 0 Å². The van der Waals surface area contributed by atoms with E-state index in [0.717, 1.165) is 42.6 Å². The number of carbonyl (C=O) groups is 1. The van der Waals surface area contributed by atoms with Crippen molar-refractivity contribution in [2.24, 2.45) is 16.8 Å². The molecule has 1 heterocycles. The number of para-hydroxylation sites is 1. The van der Waals surface area contributed by atoms with Gasteiger partial charge in [-0.15, -0.1) is 0 Å². The summed E-state index contributed by atoms with van der Waals surface area (Å²) in [6.45, 7) is 2.19. The number of benzene rings is 1. The Morgan fingerprint density at radius 3 is 2.95 bits per heavy atom. The molecule has 0 saturated heterocycles. The number of rotatable bonds is 2. The second-order valence-corrected chi connectivity index (χ2v) is 5.63. The highest BCUT2D eigenvalue weighted by Crippen LogP contribution is 2.45. The van der Waals surface area contributed by atoms with Crippen LogP contribution in [0, 0.1) is 11.8 Å². The standard InChI is InChI=1S/C16H19NO2/c1-2-10-7-8-14-12(9-10)15(16(18)19)11-5-3-4-6-13(11)17-14/h3-6,10,12,15H,2,7-9H2,1H3,(H,18,19)/t10-,12+,15-/m0/s1. The predicted molar refractivity (Wildman–Crippen MR) is 75.0 cm³/mol. The number of aliphatic imine (C=N–C) groups is 1. The summed E-state index contributed by atoms with van der Waals surface area (Å²) in [6.07, 6.45) is 4.22. The number of aliphatic carboxylic acids is 1. The van der Waals surface area contributed by atoms with E-state index < -0.39 is 11.9 Å². The van der Waals surface area contributed by atoms with Gasteiger partial charge in [0.1, 0.15) is 0 Å². The molecular weight excluding hydrogens is 238 g/mol. The molecule has 1 aliphatic carbocycles. The van der Waals surface area contributed by atoms with Crippen molar-refractivity contribution in [1.29, 1.82) is 0 Å². The average Bonchev–Trinajstić information content (AvgIpc) is 2.43. The number of hydrogen-bond acceptors (Lipinski definition) is 2. The number of nitrogens with zero attached hydrogens (tertiary/aromatic N) is 1. The summed E-state index contributed by atoms with van der Waals surface area (Å²) in [5.74, 6) is -0.359. The fourth-order valence-electron chi connectivity index (χ4n) is 3.52. The molecule has 1 N–H and O–H groups in total. The van der Waals surface area contributed by atoms with E-state index in [2.05, 4.69) is 6.92 Å². The zero-order valence-corrected chi connectivity index (χ0v) is 11.2. The molecule has 100 valence electrons. The maximum atomic E-state index is 11.7. The van der Waals surface area contributed by atoms with Crippen molar-refractivity contribution >= 4 is 17.4 Å². The number of carboxylic acid groups (broad SMARTS) is 1. The molecular formula is C16H19NO2. The third kappa shape index (κ3) is 2.07. The van der Waals surface area contributed by atoms with Crippen molar-refractivity contribution in [1.82, 2.24) is 0 Å². The van der Waals surface area contributed by atoms with Crippen molar-refractivity contribution < 1.29 is 9.90 Å². The second kappa shape index (κ2) is 4.80. The molecule has 1 aromatic carbocycles. The summed E-state index contributed by atoms with van der Waals surface area (Å²) >= 11 is 0. The van der Waals surface area contributed by atoms with Gasteiger partial charge in [-0.05, 0) is 36.8 Å². The van der Waals surface area contributed by atoms with Gasteiger partial charge in [-0.25, -0.2) is 0 Å². The average molecular weight is 257 g/mol. The minimum Gasteiger partial charge on any atom is -0.481 e. The maximum Gasteiger partial charge on any atom is 0.311 e. The van der Waals surface area contributed by atoms with Gasteiger partial charge >= 0.3 is 5.97 Å². The van der Waals surface area contributed by atoms with Crippen LogP contribution in [0.1, 0.15) is 44.1 Å². The molecule has 0 spiro atoms. The van der Waals surface area contributed by atoms with E-state index >= 15 is 0 Å². The Hall–Kier alpha value is -1.64. The molecule has 1 aliphatic heterocycles. The fourth-order valence-corrected chi connectivity index (χ4v) is 3.52.